The summed E-state index contributed by atoms with van der Waals surface area (Å²) < 4.78 is 13.5. The van der Waals surface area contributed by atoms with Crippen LogP contribution in [-0.2, 0) is 0 Å². The van der Waals surface area contributed by atoms with E-state index in [0.717, 1.165) is 44.5 Å². The number of thiophene rings is 1. The summed E-state index contributed by atoms with van der Waals surface area (Å²) in [6.07, 6.45) is 1.95. The number of benzene rings is 7. The average molecular weight is 682 g/mol. The molecule has 12 rings (SSSR count). The van der Waals surface area contributed by atoms with Gasteiger partial charge < -0.3 is 8.98 Å². The fourth-order valence-electron chi connectivity index (χ4n) is 8.46. The van der Waals surface area contributed by atoms with E-state index >= 15 is 0 Å². The van der Waals surface area contributed by atoms with E-state index in [2.05, 4.69) is 155 Å². The van der Waals surface area contributed by atoms with Gasteiger partial charge in [-0.05, 0) is 77.9 Å². The van der Waals surface area contributed by atoms with E-state index in [1.165, 1.54) is 63.9 Å². The number of pyridine rings is 1. The highest BCUT2D eigenvalue weighted by Gasteiger charge is 2.19. The Morgan fingerprint density at radius 1 is 0.423 bits per heavy atom. The Hall–Kier alpha value is -6.69. The number of rotatable bonds is 3. The number of aromatic nitrogens is 3. The first-order valence-corrected chi connectivity index (χ1v) is 18.4. The van der Waals surface area contributed by atoms with Crippen LogP contribution in [0.3, 0.4) is 0 Å². The third-order valence-electron chi connectivity index (χ3n) is 10.8. The summed E-state index contributed by atoms with van der Waals surface area (Å²) >= 11 is 1.82. The molecular weight excluding hydrogens is 655 g/mol. The molecule has 0 atom stereocenters. The molecule has 0 fully saturated rings. The van der Waals surface area contributed by atoms with Crippen LogP contribution in [0, 0.1) is 0 Å². The van der Waals surface area contributed by atoms with E-state index in [1.54, 1.807) is 0 Å². The Labute approximate surface area is 301 Å². The highest BCUT2D eigenvalue weighted by atomic mass is 32.1. The maximum absolute atomic E-state index is 6.30. The Morgan fingerprint density at radius 3 is 1.79 bits per heavy atom. The molecule has 0 aliphatic carbocycles. The van der Waals surface area contributed by atoms with Crippen LogP contribution < -0.4 is 0 Å². The van der Waals surface area contributed by atoms with E-state index < -0.39 is 0 Å². The van der Waals surface area contributed by atoms with Gasteiger partial charge in [-0.2, -0.15) is 0 Å². The molecule has 0 radical (unpaired) electrons. The Kier molecular flexibility index (Phi) is 5.62. The summed E-state index contributed by atoms with van der Waals surface area (Å²) in [7, 11) is 0. The van der Waals surface area contributed by atoms with Crippen molar-refractivity contribution in [2.45, 2.75) is 0 Å². The predicted octanol–water partition coefficient (Wildman–Crippen LogP) is 13.2. The number of nitrogens with zero attached hydrogens (tertiary/aromatic N) is 3. The van der Waals surface area contributed by atoms with Crippen LogP contribution in [-0.4, -0.2) is 14.1 Å². The Morgan fingerprint density at radius 2 is 1.02 bits per heavy atom. The molecule has 0 N–H and O–H groups in total. The highest BCUT2D eigenvalue weighted by Crippen LogP contribution is 2.42. The van der Waals surface area contributed by atoms with E-state index in [4.69, 9.17) is 9.40 Å². The molecule has 52 heavy (non-hydrogen) atoms. The van der Waals surface area contributed by atoms with Gasteiger partial charge in [-0.1, -0.05) is 84.9 Å². The molecule has 242 valence electrons. The zero-order valence-corrected chi connectivity index (χ0v) is 28.6. The number of furan rings is 1. The number of fused-ring (bicyclic) bond motifs is 12. The molecule has 5 heteroatoms. The van der Waals surface area contributed by atoms with Gasteiger partial charge in [0.2, 0.25) is 0 Å². The second-order valence-electron chi connectivity index (χ2n) is 13.6. The van der Waals surface area contributed by atoms with Gasteiger partial charge in [0.15, 0.2) is 5.82 Å². The van der Waals surface area contributed by atoms with Crippen LogP contribution in [0.25, 0.3) is 108 Å². The molecule has 0 amide bonds. The van der Waals surface area contributed by atoms with Crippen molar-refractivity contribution in [2.24, 2.45) is 0 Å². The van der Waals surface area contributed by atoms with Crippen molar-refractivity contribution in [1.29, 1.82) is 0 Å². The predicted molar refractivity (Wildman–Crippen MR) is 219 cm³/mol. The Balaban J connectivity index is 1.04. The lowest BCUT2D eigenvalue weighted by Gasteiger charge is -2.09. The molecule has 0 spiro atoms. The van der Waals surface area contributed by atoms with Crippen molar-refractivity contribution in [1.82, 2.24) is 14.1 Å². The molecule has 12 aromatic rings. The van der Waals surface area contributed by atoms with Crippen molar-refractivity contribution in [2.75, 3.05) is 0 Å². The lowest BCUT2D eigenvalue weighted by molar-refractivity contribution is 0.668. The van der Waals surface area contributed by atoms with Crippen molar-refractivity contribution in [3.8, 4) is 22.6 Å². The fraction of sp³-hybridized carbons (Fsp3) is 0. The summed E-state index contributed by atoms with van der Waals surface area (Å²) in [6, 6.07) is 56.8. The minimum atomic E-state index is 0.896. The SMILES string of the molecule is c1ccc2c(c1)oc1cc(-n3c4ccccc4c4cc(-c5ccc6c(c5)c5ccccc5n6-c5nccc6c5sc5ccccc56)ccc43)ccc12. The molecule has 4 nitrogen and oxygen atoms in total. The molecular formula is C47H27N3OS. The molecule has 7 aromatic carbocycles. The smallest absolute Gasteiger partial charge is 0.155 e. The van der Waals surface area contributed by atoms with Crippen LogP contribution in [0.2, 0.25) is 0 Å². The third kappa shape index (κ3) is 3.83. The summed E-state index contributed by atoms with van der Waals surface area (Å²) in [6.45, 7) is 0. The van der Waals surface area contributed by atoms with Crippen LogP contribution in [0.1, 0.15) is 0 Å². The lowest BCUT2D eigenvalue weighted by Crippen LogP contribution is -1.97. The average Bonchev–Trinajstić information content (AvgIpc) is 3.95. The third-order valence-corrected chi connectivity index (χ3v) is 12.0. The lowest BCUT2D eigenvalue weighted by atomic mass is 10.0. The molecule has 0 aliphatic heterocycles. The minimum absolute atomic E-state index is 0.896. The van der Waals surface area contributed by atoms with Crippen molar-refractivity contribution in [3.05, 3.63) is 164 Å². The zero-order chi connectivity index (χ0) is 33.9. The number of hydrogen-bond donors (Lipinski definition) is 0. The summed E-state index contributed by atoms with van der Waals surface area (Å²) in [5, 5.41) is 9.69. The summed E-state index contributed by atoms with van der Waals surface area (Å²) in [5.41, 5.74) is 9.92. The monoisotopic (exact) mass is 681 g/mol. The fourth-order valence-corrected chi connectivity index (χ4v) is 9.64. The molecule has 0 aliphatic rings. The maximum Gasteiger partial charge on any atom is 0.155 e. The van der Waals surface area contributed by atoms with Crippen molar-refractivity contribution >= 4 is 97.1 Å². The van der Waals surface area contributed by atoms with Gasteiger partial charge in [0, 0.05) is 65.7 Å². The van der Waals surface area contributed by atoms with E-state index in [-0.39, 0.29) is 0 Å². The first-order chi connectivity index (χ1) is 25.8. The standard InChI is InChI=1S/C47H27N3OS/c1-5-13-39-31(9-1)37-25-28(17-21-41(37)49(39)30-19-20-34-33-11-3-7-15-43(33)51-44(34)27-30)29-18-22-42-38(26-29)32-10-2-6-14-40(32)50(42)47-46-36(23-24-48-47)35-12-4-8-16-45(35)52-46/h1-27H. The second-order valence-corrected chi connectivity index (χ2v) is 14.6. The first kappa shape index (κ1) is 28.1. The Bertz CT molecular complexity index is 3430. The molecule has 0 bridgehead atoms. The zero-order valence-electron chi connectivity index (χ0n) is 27.7. The van der Waals surface area contributed by atoms with E-state index in [0.29, 0.717) is 0 Å². The largest absolute Gasteiger partial charge is 0.456 e. The van der Waals surface area contributed by atoms with Gasteiger partial charge in [0.05, 0.1) is 26.8 Å². The molecule has 5 aromatic heterocycles. The van der Waals surface area contributed by atoms with Gasteiger partial charge in [-0.25, -0.2) is 4.98 Å². The van der Waals surface area contributed by atoms with Gasteiger partial charge in [-0.15, -0.1) is 11.3 Å². The molecule has 5 heterocycles. The quantitative estimate of drug-likeness (QED) is 0.186. The van der Waals surface area contributed by atoms with Crippen LogP contribution in [0.15, 0.2) is 168 Å². The molecule has 0 unspecified atom stereocenters. The van der Waals surface area contributed by atoms with Crippen LogP contribution in [0.4, 0.5) is 0 Å². The second kappa shape index (κ2) is 10.4. The topological polar surface area (TPSA) is 35.9 Å². The molecule has 0 saturated carbocycles. The van der Waals surface area contributed by atoms with Crippen molar-refractivity contribution in [3.63, 3.8) is 0 Å². The van der Waals surface area contributed by atoms with E-state index in [9.17, 15) is 0 Å². The van der Waals surface area contributed by atoms with Gasteiger partial charge >= 0.3 is 0 Å². The normalized spacial score (nSPS) is 12.2. The summed E-state index contributed by atoms with van der Waals surface area (Å²) in [4.78, 5) is 5.01. The van der Waals surface area contributed by atoms with Gasteiger partial charge in [0.1, 0.15) is 11.2 Å². The molecule has 0 saturated heterocycles. The number of hydrogen-bond acceptors (Lipinski definition) is 3. The van der Waals surface area contributed by atoms with E-state index in [1.807, 2.05) is 29.7 Å². The van der Waals surface area contributed by atoms with Crippen LogP contribution >= 0.6 is 11.3 Å². The van der Waals surface area contributed by atoms with Crippen molar-refractivity contribution < 1.29 is 4.42 Å². The van der Waals surface area contributed by atoms with Gasteiger partial charge in [0.25, 0.3) is 0 Å². The summed E-state index contributed by atoms with van der Waals surface area (Å²) in [5.74, 6) is 0.979. The number of para-hydroxylation sites is 3. The van der Waals surface area contributed by atoms with Gasteiger partial charge in [-0.3, -0.25) is 4.57 Å². The maximum atomic E-state index is 6.30. The first-order valence-electron chi connectivity index (χ1n) is 17.5. The highest BCUT2D eigenvalue weighted by molar-refractivity contribution is 7.26. The van der Waals surface area contributed by atoms with Crippen LogP contribution in [0.5, 0.6) is 0 Å². The minimum Gasteiger partial charge on any atom is -0.456 e.